The number of piperazine rings is 1. The van der Waals surface area contributed by atoms with Crippen molar-refractivity contribution in [3.63, 3.8) is 0 Å². The number of hydrogen-bond acceptors (Lipinski definition) is 7. The summed E-state index contributed by atoms with van der Waals surface area (Å²) in [6, 6.07) is 10.3. The number of pyridine rings is 3. The Kier molecular flexibility index (Phi) is 6.66. The summed E-state index contributed by atoms with van der Waals surface area (Å²) in [4.78, 5) is 30.8. The van der Waals surface area contributed by atoms with Gasteiger partial charge in [-0.25, -0.2) is 15.0 Å². The van der Waals surface area contributed by atoms with Crippen LogP contribution in [0.4, 0.5) is 5.82 Å². The van der Waals surface area contributed by atoms with Gasteiger partial charge in [-0.3, -0.25) is 4.79 Å². The molecule has 184 valence electrons. The minimum absolute atomic E-state index is 0.0193. The van der Waals surface area contributed by atoms with Crippen molar-refractivity contribution in [2.45, 2.75) is 38.1 Å². The van der Waals surface area contributed by atoms with Gasteiger partial charge in [-0.1, -0.05) is 6.58 Å². The first kappa shape index (κ1) is 23.9. The Morgan fingerprint density at radius 1 is 1.28 bits per heavy atom. The predicted molar refractivity (Wildman–Crippen MR) is 139 cm³/mol. The molecule has 1 atom stereocenters. The standard InChI is InChI=1S/C28H30N6O2/c1-4-21-15-23(22-6-5-10-30-27(22)31-21)24-14-20(16-29)28(32-26(24)19-7-8-19)33-11-12-34(18(2)17-33)25(35)9-13-36-3/h4-6,10,14-15,18-19H,1,7-9,11-13,17H2,2-3H3/t18-/m1/s1. The topological polar surface area (TPSA) is 95.2 Å². The highest BCUT2D eigenvalue weighted by molar-refractivity contribution is 5.95. The molecule has 1 aliphatic carbocycles. The van der Waals surface area contributed by atoms with Crippen molar-refractivity contribution in [3.8, 4) is 17.2 Å². The summed E-state index contributed by atoms with van der Waals surface area (Å²) >= 11 is 0. The average Bonchev–Trinajstić information content (AvgIpc) is 3.75. The molecule has 3 aromatic heterocycles. The number of nitrogens with zero attached hydrogens (tertiary/aromatic N) is 6. The molecule has 0 bridgehead atoms. The summed E-state index contributed by atoms with van der Waals surface area (Å²) in [7, 11) is 1.61. The maximum absolute atomic E-state index is 12.6. The molecule has 0 spiro atoms. The maximum atomic E-state index is 12.6. The van der Waals surface area contributed by atoms with Crippen LogP contribution in [-0.4, -0.2) is 65.2 Å². The molecule has 1 saturated heterocycles. The summed E-state index contributed by atoms with van der Waals surface area (Å²) in [6.45, 7) is 8.23. The van der Waals surface area contributed by atoms with E-state index in [2.05, 4.69) is 27.5 Å². The van der Waals surface area contributed by atoms with Crippen LogP contribution in [0.5, 0.6) is 0 Å². The van der Waals surface area contributed by atoms with E-state index in [1.807, 2.05) is 36.1 Å². The van der Waals surface area contributed by atoms with Crippen LogP contribution >= 0.6 is 0 Å². The minimum Gasteiger partial charge on any atom is -0.384 e. The van der Waals surface area contributed by atoms with Crippen LogP contribution in [0.2, 0.25) is 0 Å². The van der Waals surface area contributed by atoms with Gasteiger partial charge in [0.1, 0.15) is 11.9 Å². The number of methoxy groups -OCH3 is 1. The Bertz CT molecular complexity index is 1360. The number of hydrogen-bond donors (Lipinski definition) is 0. The summed E-state index contributed by atoms with van der Waals surface area (Å²) in [5.74, 6) is 1.18. The second-order valence-corrected chi connectivity index (χ2v) is 9.48. The number of amides is 1. The summed E-state index contributed by atoms with van der Waals surface area (Å²) < 4.78 is 5.07. The third-order valence-corrected chi connectivity index (χ3v) is 6.99. The Labute approximate surface area is 211 Å². The molecule has 36 heavy (non-hydrogen) atoms. The van der Waals surface area contributed by atoms with E-state index in [4.69, 9.17) is 9.72 Å². The van der Waals surface area contributed by atoms with Gasteiger partial charge < -0.3 is 14.5 Å². The van der Waals surface area contributed by atoms with Gasteiger partial charge in [-0.15, -0.1) is 0 Å². The lowest BCUT2D eigenvalue weighted by molar-refractivity contribution is -0.134. The van der Waals surface area contributed by atoms with Gasteiger partial charge in [-0.2, -0.15) is 5.26 Å². The predicted octanol–water partition coefficient (Wildman–Crippen LogP) is 4.16. The van der Waals surface area contributed by atoms with Crippen molar-refractivity contribution < 1.29 is 9.53 Å². The lowest BCUT2D eigenvalue weighted by atomic mass is 9.96. The number of carbonyl (C=O) groups excluding carboxylic acids is 1. The highest BCUT2D eigenvalue weighted by atomic mass is 16.5. The molecule has 0 aromatic carbocycles. The molecule has 5 rings (SSSR count). The third-order valence-electron chi connectivity index (χ3n) is 6.99. The number of nitriles is 1. The molecule has 1 saturated carbocycles. The van der Waals surface area contributed by atoms with Crippen LogP contribution in [0, 0.1) is 11.3 Å². The van der Waals surface area contributed by atoms with Crippen molar-refractivity contribution in [2.75, 3.05) is 38.3 Å². The van der Waals surface area contributed by atoms with Gasteiger partial charge in [0, 0.05) is 55.9 Å². The Hall–Kier alpha value is -3.83. The van der Waals surface area contributed by atoms with E-state index in [1.165, 1.54) is 0 Å². The average molecular weight is 483 g/mol. The Balaban J connectivity index is 1.54. The first-order valence-electron chi connectivity index (χ1n) is 12.4. The molecule has 8 nitrogen and oxygen atoms in total. The van der Waals surface area contributed by atoms with E-state index in [1.54, 1.807) is 19.4 Å². The van der Waals surface area contributed by atoms with Crippen molar-refractivity contribution >= 4 is 28.8 Å². The quantitative estimate of drug-likeness (QED) is 0.499. The van der Waals surface area contributed by atoms with Gasteiger partial charge >= 0.3 is 0 Å². The largest absolute Gasteiger partial charge is 0.384 e. The first-order valence-corrected chi connectivity index (χ1v) is 12.4. The Morgan fingerprint density at radius 3 is 2.81 bits per heavy atom. The Morgan fingerprint density at radius 2 is 2.11 bits per heavy atom. The van der Waals surface area contributed by atoms with E-state index >= 15 is 0 Å². The molecule has 0 N–H and O–H groups in total. The number of ether oxygens (including phenoxy) is 1. The molecule has 8 heteroatoms. The van der Waals surface area contributed by atoms with Crippen molar-refractivity contribution in [1.29, 1.82) is 5.26 Å². The summed E-state index contributed by atoms with van der Waals surface area (Å²) in [5, 5.41) is 11.1. The fourth-order valence-corrected chi connectivity index (χ4v) is 4.98. The van der Waals surface area contributed by atoms with Crippen LogP contribution in [0.25, 0.3) is 28.2 Å². The molecule has 2 fully saturated rings. The highest BCUT2D eigenvalue weighted by Gasteiger charge is 2.33. The summed E-state index contributed by atoms with van der Waals surface area (Å²) in [5.41, 5.74) is 4.88. The number of fused-ring (bicyclic) bond motifs is 1. The van der Waals surface area contributed by atoms with Gasteiger partial charge in [-0.05, 0) is 55.7 Å². The second-order valence-electron chi connectivity index (χ2n) is 9.48. The number of rotatable bonds is 7. The van der Waals surface area contributed by atoms with E-state index in [-0.39, 0.29) is 11.9 Å². The zero-order chi connectivity index (χ0) is 25.2. The molecular weight excluding hydrogens is 452 g/mol. The van der Waals surface area contributed by atoms with Gasteiger partial charge in [0.05, 0.1) is 30.0 Å². The number of anilines is 1. The van der Waals surface area contributed by atoms with Crippen molar-refractivity contribution in [3.05, 3.63) is 54.0 Å². The third kappa shape index (κ3) is 4.54. The van der Waals surface area contributed by atoms with Crippen LogP contribution in [0.3, 0.4) is 0 Å². The molecule has 2 aliphatic rings. The fraction of sp³-hybridized carbons (Fsp3) is 0.393. The zero-order valence-electron chi connectivity index (χ0n) is 20.8. The van der Waals surface area contributed by atoms with E-state index < -0.39 is 0 Å². The second kappa shape index (κ2) is 10.0. The zero-order valence-corrected chi connectivity index (χ0v) is 20.8. The molecule has 4 heterocycles. The van der Waals surface area contributed by atoms with Crippen LogP contribution in [0.15, 0.2) is 37.0 Å². The SMILES string of the molecule is C=Cc1cc(-c2cc(C#N)c(N3CCN(C(=O)CCOC)[C@H](C)C3)nc2C2CC2)c2cccnc2n1. The van der Waals surface area contributed by atoms with Gasteiger partial charge in [0.25, 0.3) is 0 Å². The summed E-state index contributed by atoms with van der Waals surface area (Å²) in [6.07, 6.45) is 6.00. The number of aromatic nitrogens is 3. The maximum Gasteiger partial charge on any atom is 0.225 e. The first-order chi connectivity index (χ1) is 17.5. The monoisotopic (exact) mass is 482 g/mol. The van der Waals surface area contributed by atoms with Crippen LogP contribution in [-0.2, 0) is 9.53 Å². The highest BCUT2D eigenvalue weighted by Crippen LogP contribution is 2.46. The minimum atomic E-state index is 0.0193. The van der Waals surface area contributed by atoms with Gasteiger partial charge in [0.15, 0.2) is 5.65 Å². The molecular formula is C28H30N6O2. The normalized spacial score (nSPS) is 17.8. The van der Waals surface area contributed by atoms with E-state index in [0.29, 0.717) is 55.6 Å². The van der Waals surface area contributed by atoms with E-state index in [0.717, 1.165) is 40.7 Å². The molecule has 0 unspecified atom stereocenters. The van der Waals surface area contributed by atoms with Gasteiger partial charge in [0.2, 0.25) is 5.91 Å². The molecule has 3 aromatic rings. The van der Waals surface area contributed by atoms with E-state index in [9.17, 15) is 10.1 Å². The van der Waals surface area contributed by atoms with Crippen LogP contribution in [0.1, 0.15) is 49.1 Å². The lowest BCUT2D eigenvalue weighted by Gasteiger charge is -2.41. The number of carbonyl (C=O) groups is 1. The van der Waals surface area contributed by atoms with Crippen molar-refractivity contribution in [1.82, 2.24) is 19.9 Å². The lowest BCUT2D eigenvalue weighted by Crippen LogP contribution is -2.54. The van der Waals surface area contributed by atoms with Crippen LogP contribution < -0.4 is 4.90 Å². The van der Waals surface area contributed by atoms with Crippen molar-refractivity contribution in [2.24, 2.45) is 0 Å². The smallest absolute Gasteiger partial charge is 0.225 e. The molecule has 1 amide bonds. The molecule has 0 radical (unpaired) electrons. The molecule has 1 aliphatic heterocycles. The fourth-order valence-electron chi connectivity index (χ4n) is 4.98.